The van der Waals surface area contributed by atoms with Gasteiger partial charge in [-0.2, -0.15) is 0 Å². The van der Waals surface area contributed by atoms with E-state index in [4.69, 9.17) is 0 Å². The molecule has 1 heterocycles. The highest BCUT2D eigenvalue weighted by Crippen LogP contribution is 2.25. The van der Waals surface area contributed by atoms with E-state index in [1.807, 2.05) is 0 Å². The van der Waals surface area contributed by atoms with Gasteiger partial charge in [-0.25, -0.2) is 21.6 Å². The molecule has 0 spiro atoms. The average molecular weight is 453 g/mol. The molecule has 0 amide bonds. The molecule has 1 aliphatic heterocycles. The molecule has 1 saturated heterocycles. The van der Waals surface area contributed by atoms with Crippen LogP contribution in [0.4, 0.5) is 0 Å². The molecule has 1 fully saturated rings. The van der Waals surface area contributed by atoms with Crippen LogP contribution in [0.5, 0.6) is 0 Å². The van der Waals surface area contributed by atoms with E-state index in [2.05, 4.69) is 32.5 Å². The van der Waals surface area contributed by atoms with E-state index in [1.54, 1.807) is 0 Å². The molecule has 142 valence electrons. The summed E-state index contributed by atoms with van der Waals surface area (Å²) in [5.74, 6) is 0.695. The first kappa shape index (κ1) is 20.8. The van der Waals surface area contributed by atoms with E-state index < -0.39 is 19.9 Å². The van der Waals surface area contributed by atoms with Crippen molar-refractivity contribution >= 4 is 35.8 Å². The quantitative estimate of drug-likeness (QED) is 0.641. The third kappa shape index (κ3) is 6.02. The molecular formula is C16H25BrN2O4S2. The van der Waals surface area contributed by atoms with Crippen molar-refractivity contribution < 1.29 is 16.8 Å². The first-order chi connectivity index (χ1) is 11.6. The zero-order chi connectivity index (χ0) is 18.7. The zero-order valence-corrected chi connectivity index (χ0v) is 17.8. The fourth-order valence-corrected chi connectivity index (χ4v) is 5.78. The maximum absolute atomic E-state index is 12.5. The summed E-state index contributed by atoms with van der Waals surface area (Å²) in [5, 5.41) is 0. The Morgan fingerprint density at radius 1 is 1.28 bits per heavy atom. The number of rotatable bonds is 7. The van der Waals surface area contributed by atoms with Gasteiger partial charge >= 0.3 is 0 Å². The van der Waals surface area contributed by atoms with Gasteiger partial charge in [-0.3, -0.25) is 0 Å². The number of hydrogen-bond acceptors (Lipinski definition) is 5. The Balaban J connectivity index is 1.97. The lowest BCUT2D eigenvalue weighted by Crippen LogP contribution is -2.36. The summed E-state index contributed by atoms with van der Waals surface area (Å²) in [7, 11) is -7.23. The smallest absolute Gasteiger partial charge is 0.241 e. The highest BCUT2D eigenvalue weighted by molar-refractivity contribution is 9.10. The zero-order valence-electron chi connectivity index (χ0n) is 14.5. The molecule has 9 heteroatoms. The molecule has 25 heavy (non-hydrogen) atoms. The van der Waals surface area contributed by atoms with Gasteiger partial charge < -0.3 is 4.90 Å². The van der Waals surface area contributed by atoms with Crippen LogP contribution in [0.25, 0.3) is 0 Å². The molecule has 0 aliphatic carbocycles. The number of likely N-dealkylation sites (tertiary alicyclic amines) is 1. The molecule has 1 unspecified atom stereocenters. The number of piperidine rings is 1. The standard InChI is InChI=1S/C16H25BrN2O4S2/c1-13-5-3-9-19(12-13)10-4-8-18-25(22,23)16-11-14(24(2,20)21)6-7-15(16)17/h6-7,11,13,18H,3-5,8-10,12H2,1-2H3. The molecule has 0 radical (unpaired) electrons. The molecule has 2 rings (SSSR count). The van der Waals surface area contributed by atoms with Crippen molar-refractivity contribution in [1.82, 2.24) is 9.62 Å². The van der Waals surface area contributed by atoms with Crippen molar-refractivity contribution in [3.05, 3.63) is 22.7 Å². The van der Waals surface area contributed by atoms with Gasteiger partial charge in [0.2, 0.25) is 10.0 Å². The molecule has 1 aromatic carbocycles. The number of benzene rings is 1. The lowest BCUT2D eigenvalue weighted by Gasteiger charge is -2.30. The van der Waals surface area contributed by atoms with Crippen LogP contribution in [0.3, 0.4) is 0 Å². The van der Waals surface area contributed by atoms with Gasteiger partial charge in [0.1, 0.15) is 0 Å². The van der Waals surface area contributed by atoms with Gasteiger partial charge in [-0.05, 0) is 72.4 Å². The van der Waals surface area contributed by atoms with Crippen LogP contribution in [0, 0.1) is 5.92 Å². The summed E-state index contributed by atoms with van der Waals surface area (Å²) in [5.41, 5.74) is 0. The second-order valence-corrected chi connectivity index (χ2v) is 11.3. The van der Waals surface area contributed by atoms with Crippen LogP contribution >= 0.6 is 15.9 Å². The minimum Gasteiger partial charge on any atom is -0.303 e. The highest BCUT2D eigenvalue weighted by Gasteiger charge is 2.21. The molecule has 0 saturated carbocycles. The predicted octanol–water partition coefficient (Wildman–Crippen LogP) is 2.25. The second-order valence-electron chi connectivity index (χ2n) is 6.66. The van der Waals surface area contributed by atoms with Gasteiger partial charge in [0.25, 0.3) is 0 Å². The predicted molar refractivity (Wildman–Crippen MR) is 102 cm³/mol. The first-order valence-electron chi connectivity index (χ1n) is 8.31. The average Bonchev–Trinajstić information content (AvgIpc) is 2.51. The van der Waals surface area contributed by atoms with Gasteiger partial charge in [-0.15, -0.1) is 0 Å². The van der Waals surface area contributed by atoms with Crippen molar-refractivity contribution in [3.63, 3.8) is 0 Å². The van der Waals surface area contributed by atoms with Gasteiger partial charge in [-0.1, -0.05) is 6.92 Å². The second kappa shape index (κ2) is 8.47. The topological polar surface area (TPSA) is 83.6 Å². The summed E-state index contributed by atoms with van der Waals surface area (Å²) in [4.78, 5) is 2.29. The molecular weight excluding hydrogens is 428 g/mol. The summed E-state index contributed by atoms with van der Waals surface area (Å²) in [6, 6.07) is 4.02. The molecule has 1 N–H and O–H groups in total. The Morgan fingerprint density at radius 2 is 2.00 bits per heavy atom. The number of nitrogens with zero attached hydrogens (tertiary/aromatic N) is 1. The van der Waals surface area contributed by atoms with E-state index >= 15 is 0 Å². The highest BCUT2D eigenvalue weighted by atomic mass is 79.9. The minimum absolute atomic E-state index is 0.0154. The summed E-state index contributed by atoms with van der Waals surface area (Å²) >= 11 is 3.19. The van der Waals surface area contributed by atoms with E-state index in [9.17, 15) is 16.8 Å². The van der Waals surface area contributed by atoms with E-state index in [-0.39, 0.29) is 9.79 Å². The molecule has 0 bridgehead atoms. The molecule has 1 aliphatic rings. The van der Waals surface area contributed by atoms with Crippen LogP contribution in [0.15, 0.2) is 32.5 Å². The Kier molecular flexibility index (Phi) is 7.06. The van der Waals surface area contributed by atoms with Crippen LogP contribution in [0.2, 0.25) is 0 Å². The van der Waals surface area contributed by atoms with Crippen LogP contribution in [-0.4, -0.2) is 54.2 Å². The van der Waals surface area contributed by atoms with Gasteiger partial charge in [0, 0.05) is 23.8 Å². The molecule has 0 aromatic heterocycles. The third-order valence-electron chi connectivity index (χ3n) is 4.30. The largest absolute Gasteiger partial charge is 0.303 e. The lowest BCUT2D eigenvalue weighted by atomic mass is 10.0. The fourth-order valence-electron chi connectivity index (χ4n) is 3.00. The number of halogens is 1. The van der Waals surface area contributed by atoms with Crippen molar-refractivity contribution in [2.24, 2.45) is 5.92 Å². The van der Waals surface area contributed by atoms with Crippen molar-refractivity contribution in [1.29, 1.82) is 0 Å². The fraction of sp³-hybridized carbons (Fsp3) is 0.625. The van der Waals surface area contributed by atoms with Crippen molar-refractivity contribution in [2.45, 2.75) is 36.0 Å². The van der Waals surface area contributed by atoms with Crippen LogP contribution < -0.4 is 4.72 Å². The van der Waals surface area contributed by atoms with Gasteiger partial charge in [0.05, 0.1) is 9.79 Å². The Bertz CT molecular complexity index is 809. The summed E-state index contributed by atoms with van der Waals surface area (Å²) in [6.07, 6.45) is 4.22. The maximum Gasteiger partial charge on any atom is 0.241 e. The van der Waals surface area contributed by atoms with Gasteiger partial charge in [0.15, 0.2) is 9.84 Å². The number of sulfonamides is 1. The monoisotopic (exact) mass is 452 g/mol. The van der Waals surface area contributed by atoms with E-state index in [0.29, 0.717) is 16.9 Å². The minimum atomic E-state index is -3.77. The summed E-state index contributed by atoms with van der Waals surface area (Å²) in [6.45, 7) is 5.55. The molecule has 1 atom stereocenters. The maximum atomic E-state index is 12.5. The Labute approximate surface area is 159 Å². The lowest BCUT2D eigenvalue weighted by molar-refractivity contribution is 0.182. The van der Waals surface area contributed by atoms with E-state index in [0.717, 1.165) is 32.3 Å². The van der Waals surface area contributed by atoms with Crippen molar-refractivity contribution in [2.75, 3.05) is 32.4 Å². The molecule has 6 nitrogen and oxygen atoms in total. The number of nitrogens with one attached hydrogen (secondary N) is 1. The SMILES string of the molecule is CC1CCCN(CCCNS(=O)(=O)c2cc(S(C)(=O)=O)ccc2Br)C1. The van der Waals surface area contributed by atoms with E-state index in [1.165, 1.54) is 31.0 Å². The normalized spacial score (nSPS) is 19.9. The number of hydrogen-bond donors (Lipinski definition) is 1. The van der Waals surface area contributed by atoms with Crippen molar-refractivity contribution in [3.8, 4) is 0 Å². The van der Waals surface area contributed by atoms with Crippen LogP contribution in [0.1, 0.15) is 26.2 Å². The molecule has 1 aromatic rings. The van der Waals surface area contributed by atoms with Crippen LogP contribution in [-0.2, 0) is 19.9 Å². The first-order valence-corrected chi connectivity index (χ1v) is 12.5. The third-order valence-corrected chi connectivity index (χ3v) is 7.87. The number of sulfone groups is 1. The Morgan fingerprint density at radius 3 is 2.64 bits per heavy atom. The Hall–Kier alpha value is -0.480. The summed E-state index contributed by atoms with van der Waals surface area (Å²) < 4.78 is 51.2.